The Balaban J connectivity index is 2.95. The van der Waals surface area contributed by atoms with Crippen LogP contribution in [0.3, 0.4) is 0 Å². The summed E-state index contributed by atoms with van der Waals surface area (Å²) in [7, 11) is -4.10. The van der Waals surface area contributed by atoms with Crippen LogP contribution in [0.1, 0.15) is 30.9 Å². The molecule has 0 aliphatic heterocycles. The quantitative estimate of drug-likeness (QED) is 0.778. The third-order valence-corrected chi connectivity index (χ3v) is 3.31. The Hall–Kier alpha value is -0.870. The SMILES string of the molecule is Cc1ccc(C(C)C)c(OP(=O)(O)OCCN)c1. The Morgan fingerprint density at radius 1 is 1.44 bits per heavy atom. The van der Waals surface area contributed by atoms with E-state index in [-0.39, 0.29) is 19.1 Å². The molecular weight excluding hydrogens is 253 g/mol. The normalized spacial score (nSPS) is 14.6. The number of hydrogen-bond acceptors (Lipinski definition) is 4. The topological polar surface area (TPSA) is 81.8 Å². The van der Waals surface area contributed by atoms with Gasteiger partial charge in [0.2, 0.25) is 0 Å². The molecule has 1 aromatic carbocycles. The number of nitrogens with two attached hydrogens (primary N) is 1. The van der Waals surface area contributed by atoms with E-state index < -0.39 is 7.82 Å². The van der Waals surface area contributed by atoms with Gasteiger partial charge in [0, 0.05) is 6.54 Å². The predicted molar refractivity (Wildman–Crippen MR) is 70.7 cm³/mol. The monoisotopic (exact) mass is 273 g/mol. The number of benzene rings is 1. The summed E-state index contributed by atoms with van der Waals surface area (Å²) in [6.45, 7) is 6.01. The van der Waals surface area contributed by atoms with Crippen LogP contribution in [-0.2, 0) is 9.09 Å². The molecule has 1 unspecified atom stereocenters. The molecule has 18 heavy (non-hydrogen) atoms. The van der Waals surface area contributed by atoms with Crippen molar-refractivity contribution in [1.29, 1.82) is 0 Å². The van der Waals surface area contributed by atoms with E-state index in [1.165, 1.54) is 0 Å². The Kier molecular flexibility index (Phi) is 5.35. The highest BCUT2D eigenvalue weighted by Crippen LogP contribution is 2.45. The van der Waals surface area contributed by atoms with Crippen LogP contribution in [0.5, 0.6) is 5.75 Å². The second-order valence-corrected chi connectivity index (χ2v) is 5.76. The van der Waals surface area contributed by atoms with Gasteiger partial charge in [0.15, 0.2) is 0 Å². The first-order valence-corrected chi connectivity index (χ1v) is 7.33. The lowest BCUT2D eigenvalue weighted by Crippen LogP contribution is -2.09. The first-order valence-electron chi connectivity index (χ1n) is 5.83. The third kappa shape index (κ3) is 4.42. The standard InChI is InChI=1S/C12H20NO4P/c1-9(2)11-5-4-10(3)8-12(11)17-18(14,15)16-7-6-13/h4-5,8-9H,6-7,13H2,1-3H3,(H,14,15). The summed E-state index contributed by atoms with van der Waals surface area (Å²) in [5, 5.41) is 0. The molecule has 1 atom stereocenters. The van der Waals surface area contributed by atoms with Crippen LogP contribution in [0, 0.1) is 6.92 Å². The van der Waals surface area contributed by atoms with Crippen molar-refractivity contribution < 1.29 is 18.5 Å². The van der Waals surface area contributed by atoms with Gasteiger partial charge in [-0.1, -0.05) is 26.0 Å². The predicted octanol–water partition coefficient (Wildman–Crippen LogP) is 2.57. The summed E-state index contributed by atoms with van der Waals surface area (Å²) in [4.78, 5) is 9.55. The van der Waals surface area contributed by atoms with E-state index in [1.54, 1.807) is 6.07 Å². The Labute approximate surface area is 108 Å². The maximum Gasteiger partial charge on any atom is 0.527 e. The van der Waals surface area contributed by atoms with Gasteiger partial charge in [-0.05, 0) is 30.0 Å². The number of phosphoric acid groups is 1. The molecule has 0 spiro atoms. The van der Waals surface area contributed by atoms with Crippen LogP contribution in [0.25, 0.3) is 0 Å². The molecule has 0 heterocycles. The molecule has 0 aliphatic rings. The van der Waals surface area contributed by atoms with E-state index in [0.717, 1.165) is 11.1 Å². The third-order valence-electron chi connectivity index (χ3n) is 2.38. The van der Waals surface area contributed by atoms with E-state index in [4.69, 9.17) is 14.8 Å². The molecule has 0 amide bonds. The first kappa shape index (κ1) is 15.2. The summed E-state index contributed by atoms with van der Waals surface area (Å²) >= 11 is 0. The van der Waals surface area contributed by atoms with Gasteiger partial charge in [-0.3, -0.25) is 9.42 Å². The smallest absolute Gasteiger partial charge is 0.404 e. The summed E-state index contributed by atoms with van der Waals surface area (Å²) in [5.74, 6) is 0.572. The van der Waals surface area contributed by atoms with E-state index in [2.05, 4.69) is 0 Å². The van der Waals surface area contributed by atoms with Crippen molar-refractivity contribution in [3.63, 3.8) is 0 Å². The fourth-order valence-corrected chi connectivity index (χ4v) is 2.31. The Morgan fingerprint density at radius 3 is 2.67 bits per heavy atom. The van der Waals surface area contributed by atoms with Crippen LogP contribution in [-0.4, -0.2) is 18.0 Å². The number of hydrogen-bond donors (Lipinski definition) is 2. The molecule has 1 aromatic rings. The van der Waals surface area contributed by atoms with E-state index in [0.29, 0.717) is 5.75 Å². The van der Waals surface area contributed by atoms with E-state index in [9.17, 15) is 9.46 Å². The maximum atomic E-state index is 11.7. The molecule has 0 saturated carbocycles. The fourth-order valence-electron chi connectivity index (χ4n) is 1.52. The lowest BCUT2D eigenvalue weighted by molar-refractivity contribution is 0.208. The minimum absolute atomic E-state index is 0.0173. The van der Waals surface area contributed by atoms with Crippen molar-refractivity contribution >= 4 is 7.82 Å². The van der Waals surface area contributed by atoms with Crippen molar-refractivity contribution in [2.45, 2.75) is 26.7 Å². The van der Waals surface area contributed by atoms with Gasteiger partial charge in [-0.25, -0.2) is 4.57 Å². The van der Waals surface area contributed by atoms with Crippen LogP contribution in [0.15, 0.2) is 18.2 Å². The fraction of sp³-hybridized carbons (Fsp3) is 0.500. The van der Waals surface area contributed by atoms with Crippen molar-refractivity contribution in [3.8, 4) is 5.75 Å². The molecule has 0 fully saturated rings. The maximum absolute atomic E-state index is 11.7. The minimum Gasteiger partial charge on any atom is -0.404 e. The molecule has 0 radical (unpaired) electrons. The molecular formula is C12H20NO4P. The zero-order valence-electron chi connectivity index (χ0n) is 10.9. The second kappa shape index (κ2) is 6.34. The highest BCUT2D eigenvalue weighted by atomic mass is 31.2. The zero-order chi connectivity index (χ0) is 13.8. The largest absolute Gasteiger partial charge is 0.527 e. The lowest BCUT2D eigenvalue weighted by Gasteiger charge is -2.17. The van der Waals surface area contributed by atoms with Gasteiger partial charge in [-0.15, -0.1) is 0 Å². The highest BCUT2D eigenvalue weighted by Gasteiger charge is 2.24. The van der Waals surface area contributed by atoms with Crippen LogP contribution in [0.4, 0.5) is 0 Å². The molecule has 3 N–H and O–H groups in total. The molecule has 0 saturated heterocycles. The van der Waals surface area contributed by atoms with Gasteiger partial charge in [0.1, 0.15) is 5.75 Å². The van der Waals surface area contributed by atoms with Gasteiger partial charge in [-0.2, -0.15) is 0 Å². The van der Waals surface area contributed by atoms with Gasteiger partial charge in [0.25, 0.3) is 0 Å². The molecule has 1 rings (SSSR count). The van der Waals surface area contributed by atoms with Crippen molar-refractivity contribution in [2.24, 2.45) is 5.73 Å². The van der Waals surface area contributed by atoms with Crippen LogP contribution in [0.2, 0.25) is 0 Å². The average molecular weight is 273 g/mol. The summed E-state index contributed by atoms with van der Waals surface area (Å²) in [6, 6.07) is 5.55. The lowest BCUT2D eigenvalue weighted by atomic mass is 10.0. The summed E-state index contributed by atoms with van der Waals surface area (Å²) in [5.41, 5.74) is 7.04. The average Bonchev–Trinajstić information content (AvgIpc) is 2.25. The van der Waals surface area contributed by atoms with E-state index in [1.807, 2.05) is 32.9 Å². The minimum atomic E-state index is -4.10. The number of phosphoric ester groups is 1. The summed E-state index contributed by atoms with van der Waals surface area (Å²) < 4.78 is 21.5. The highest BCUT2D eigenvalue weighted by molar-refractivity contribution is 7.47. The van der Waals surface area contributed by atoms with Gasteiger partial charge < -0.3 is 10.3 Å². The molecule has 6 heteroatoms. The zero-order valence-corrected chi connectivity index (χ0v) is 11.8. The number of rotatable bonds is 6. The molecule has 0 bridgehead atoms. The second-order valence-electron chi connectivity index (χ2n) is 4.38. The van der Waals surface area contributed by atoms with Gasteiger partial charge >= 0.3 is 7.82 Å². The van der Waals surface area contributed by atoms with Crippen molar-refractivity contribution in [2.75, 3.05) is 13.2 Å². The van der Waals surface area contributed by atoms with Crippen LogP contribution < -0.4 is 10.3 Å². The van der Waals surface area contributed by atoms with Crippen LogP contribution >= 0.6 is 7.82 Å². The molecule has 5 nitrogen and oxygen atoms in total. The van der Waals surface area contributed by atoms with Crippen molar-refractivity contribution in [1.82, 2.24) is 0 Å². The Morgan fingerprint density at radius 2 is 2.11 bits per heavy atom. The molecule has 102 valence electrons. The number of aryl methyl sites for hydroxylation is 1. The van der Waals surface area contributed by atoms with Gasteiger partial charge in [0.05, 0.1) is 6.61 Å². The van der Waals surface area contributed by atoms with Crippen molar-refractivity contribution in [3.05, 3.63) is 29.3 Å². The summed E-state index contributed by atoms with van der Waals surface area (Å²) in [6.07, 6.45) is 0. The van der Waals surface area contributed by atoms with E-state index >= 15 is 0 Å². The molecule has 0 aromatic heterocycles. The molecule has 0 aliphatic carbocycles. The first-order chi connectivity index (χ1) is 8.35. The Bertz CT molecular complexity index is 448.